The van der Waals surface area contributed by atoms with Crippen molar-refractivity contribution in [3.05, 3.63) is 171 Å². The van der Waals surface area contributed by atoms with E-state index in [1.165, 1.54) is 102 Å². The predicted octanol–water partition coefficient (Wildman–Crippen LogP) is 18.9. The Labute approximate surface area is 368 Å². The Morgan fingerprint density at radius 3 is 0.547 bits per heavy atom. The minimum absolute atomic E-state index is 0.148. The number of para-hydroxylation sites is 1. The Hall–Kier alpha value is -5.15. The Balaban J connectivity index is -0.000000338. The van der Waals surface area contributed by atoms with Crippen molar-refractivity contribution in [2.75, 3.05) is 7.11 Å². The summed E-state index contributed by atoms with van der Waals surface area (Å²) in [4.78, 5) is 0. The minimum atomic E-state index is -4.34. The summed E-state index contributed by atoms with van der Waals surface area (Å²) >= 11 is 0. The molecule has 0 heterocycles. The average molecular weight is 937 g/mol. The number of alkyl halides is 15. The number of hydrogen-bond donors (Lipinski definition) is 0. The fourth-order valence-electron chi connectivity index (χ4n) is 4.44. The SMILES string of the molecule is CC.CC.CC.CC.COc1ccccc1C(F)(F)F.Cc1ccccc1C(F)(F)F.Cc1ccccc1C(F)(F)F.Cc1ccccc1C(F)(F)F.Cc1ccccc1C(F)(F)F. The molecule has 0 aliphatic carbocycles. The lowest BCUT2D eigenvalue weighted by Gasteiger charge is -2.10. The second kappa shape index (κ2) is 32.5. The van der Waals surface area contributed by atoms with Gasteiger partial charge in [-0.1, -0.05) is 140 Å². The van der Waals surface area contributed by atoms with E-state index in [4.69, 9.17) is 0 Å². The predicted molar refractivity (Wildman–Crippen MR) is 228 cm³/mol. The Morgan fingerprint density at radius 2 is 0.422 bits per heavy atom. The highest BCUT2D eigenvalue weighted by Crippen LogP contribution is 2.36. The third kappa shape index (κ3) is 26.5. The van der Waals surface area contributed by atoms with Crippen LogP contribution in [-0.4, -0.2) is 7.11 Å². The van der Waals surface area contributed by atoms with Gasteiger partial charge in [0.1, 0.15) is 5.75 Å². The summed E-state index contributed by atoms with van der Waals surface area (Å²) in [6.45, 7) is 21.8. The molecule has 16 heteroatoms. The Morgan fingerprint density at radius 1 is 0.266 bits per heavy atom. The summed E-state index contributed by atoms with van der Waals surface area (Å²) in [6.07, 6.45) is -21.2. The standard InChI is InChI=1S/C8H7F3O.4C8H7F3.4C2H6/c1-12-7-5-3-2-4-6(7)8(9,10)11;4*1-6-4-2-3-5-7(6)8(9,10)11;4*1-2/h2-5H,1H3;4*2-5H,1H3;4*1-2H3. The second-order valence-electron chi connectivity index (χ2n) is 11.4. The van der Waals surface area contributed by atoms with Crippen LogP contribution in [0.3, 0.4) is 0 Å². The van der Waals surface area contributed by atoms with Crippen molar-refractivity contribution < 1.29 is 70.6 Å². The first-order valence-corrected chi connectivity index (χ1v) is 19.8. The van der Waals surface area contributed by atoms with E-state index in [0.717, 1.165) is 30.3 Å². The third-order valence-electron chi connectivity index (χ3n) is 7.21. The van der Waals surface area contributed by atoms with Gasteiger partial charge in [-0.3, -0.25) is 0 Å². The van der Waals surface area contributed by atoms with Gasteiger partial charge >= 0.3 is 30.9 Å². The smallest absolute Gasteiger partial charge is 0.419 e. The van der Waals surface area contributed by atoms with Crippen molar-refractivity contribution in [3.8, 4) is 5.75 Å². The van der Waals surface area contributed by atoms with Gasteiger partial charge in [0.2, 0.25) is 0 Å². The number of benzene rings is 5. The molecule has 0 aromatic heterocycles. The highest BCUT2D eigenvalue weighted by atomic mass is 19.4. The molecule has 0 spiro atoms. The molecular weight excluding hydrogens is 877 g/mol. The normalized spacial score (nSPS) is 10.5. The number of halogens is 15. The number of aryl methyl sites for hydroxylation is 4. The van der Waals surface area contributed by atoms with Crippen LogP contribution in [-0.2, 0) is 30.9 Å². The fourth-order valence-corrected chi connectivity index (χ4v) is 4.44. The van der Waals surface area contributed by atoms with Crippen molar-refractivity contribution in [1.29, 1.82) is 0 Å². The molecule has 0 aliphatic rings. The largest absolute Gasteiger partial charge is 0.496 e. The average Bonchev–Trinajstić information content (AvgIpc) is 3.23. The molecule has 0 bridgehead atoms. The molecule has 1 nitrogen and oxygen atoms in total. The molecule has 0 amide bonds. The summed E-state index contributed by atoms with van der Waals surface area (Å²) in [5.74, 6) is -0.148. The van der Waals surface area contributed by atoms with E-state index in [1.54, 1.807) is 24.3 Å². The Kier molecular flexibility index (Phi) is 33.2. The van der Waals surface area contributed by atoms with Gasteiger partial charge in [0.25, 0.3) is 0 Å². The van der Waals surface area contributed by atoms with E-state index >= 15 is 0 Å². The lowest BCUT2D eigenvalue weighted by Crippen LogP contribution is -2.06. The van der Waals surface area contributed by atoms with Gasteiger partial charge in [-0.25, -0.2) is 0 Å². The summed E-state index contributed by atoms with van der Waals surface area (Å²) in [5.41, 5.74) is -1.91. The molecule has 0 aliphatic heterocycles. The molecule has 0 saturated carbocycles. The maximum Gasteiger partial charge on any atom is 0.419 e. The molecule has 5 rings (SSSR count). The van der Waals surface area contributed by atoms with E-state index in [2.05, 4.69) is 4.74 Å². The summed E-state index contributed by atoms with van der Waals surface area (Å²) < 4.78 is 186. The maximum absolute atomic E-state index is 12.2. The summed E-state index contributed by atoms with van der Waals surface area (Å²) in [7, 11) is 1.21. The number of ether oxygens (including phenoxy) is 1. The first-order chi connectivity index (χ1) is 29.6. The van der Waals surface area contributed by atoms with Crippen molar-refractivity contribution in [2.24, 2.45) is 0 Å². The number of rotatable bonds is 1. The first-order valence-electron chi connectivity index (χ1n) is 19.8. The lowest BCUT2D eigenvalue weighted by molar-refractivity contribution is -0.139. The van der Waals surface area contributed by atoms with Gasteiger partial charge < -0.3 is 4.74 Å². The Bertz CT molecular complexity index is 1700. The second-order valence-corrected chi connectivity index (χ2v) is 11.4. The highest BCUT2D eigenvalue weighted by molar-refractivity contribution is 5.35. The molecule has 5 aromatic carbocycles. The number of methoxy groups -OCH3 is 1. The van der Waals surface area contributed by atoms with E-state index in [1.807, 2.05) is 55.4 Å². The van der Waals surface area contributed by atoms with Crippen molar-refractivity contribution in [3.63, 3.8) is 0 Å². The van der Waals surface area contributed by atoms with Gasteiger partial charge in [0.15, 0.2) is 0 Å². The molecule has 0 unspecified atom stereocenters. The zero-order chi connectivity index (χ0) is 51.1. The van der Waals surface area contributed by atoms with Crippen molar-refractivity contribution >= 4 is 0 Å². The molecule has 0 N–H and O–H groups in total. The molecule has 64 heavy (non-hydrogen) atoms. The van der Waals surface area contributed by atoms with Crippen LogP contribution in [0.5, 0.6) is 5.75 Å². The van der Waals surface area contributed by atoms with E-state index < -0.39 is 58.7 Å². The van der Waals surface area contributed by atoms with Gasteiger partial charge in [0, 0.05) is 0 Å². The van der Waals surface area contributed by atoms with Crippen LogP contribution in [0.15, 0.2) is 121 Å². The van der Waals surface area contributed by atoms with E-state index in [9.17, 15) is 65.9 Å². The van der Waals surface area contributed by atoms with Crippen LogP contribution in [0.4, 0.5) is 65.9 Å². The van der Waals surface area contributed by atoms with Crippen LogP contribution < -0.4 is 4.74 Å². The first kappa shape index (κ1) is 65.5. The van der Waals surface area contributed by atoms with Crippen LogP contribution in [0, 0.1) is 27.7 Å². The van der Waals surface area contributed by atoms with Crippen LogP contribution in [0.1, 0.15) is 105 Å². The van der Waals surface area contributed by atoms with E-state index in [0.29, 0.717) is 0 Å². The zero-order valence-corrected chi connectivity index (χ0v) is 38.1. The lowest BCUT2D eigenvalue weighted by atomic mass is 10.1. The zero-order valence-electron chi connectivity index (χ0n) is 38.1. The molecule has 0 fully saturated rings. The molecule has 5 aromatic rings. The molecular formula is C48H59F15O. The highest BCUT2D eigenvalue weighted by Gasteiger charge is 2.35. The van der Waals surface area contributed by atoms with Crippen LogP contribution in [0.25, 0.3) is 0 Å². The van der Waals surface area contributed by atoms with Crippen molar-refractivity contribution in [2.45, 2.75) is 114 Å². The van der Waals surface area contributed by atoms with Gasteiger partial charge in [-0.2, -0.15) is 65.9 Å². The quantitative estimate of drug-likeness (QED) is 0.152. The maximum atomic E-state index is 12.2. The molecule has 0 atom stereocenters. The topological polar surface area (TPSA) is 9.23 Å². The number of hydrogen-bond acceptors (Lipinski definition) is 1. The fraction of sp³-hybridized carbons (Fsp3) is 0.375. The minimum Gasteiger partial charge on any atom is -0.496 e. The van der Waals surface area contributed by atoms with Gasteiger partial charge in [0.05, 0.1) is 34.9 Å². The molecule has 0 radical (unpaired) electrons. The monoisotopic (exact) mass is 936 g/mol. The third-order valence-corrected chi connectivity index (χ3v) is 7.21. The molecule has 362 valence electrons. The molecule has 0 saturated heterocycles. The van der Waals surface area contributed by atoms with E-state index in [-0.39, 0.29) is 28.0 Å². The van der Waals surface area contributed by atoms with Crippen LogP contribution >= 0.6 is 0 Å². The van der Waals surface area contributed by atoms with Crippen LogP contribution in [0.2, 0.25) is 0 Å². The van der Waals surface area contributed by atoms with Crippen molar-refractivity contribution in [1.82, 2.24) is 0 Å². The summed E-state index contributed by atoms with van der Waals surface area (Å²) in [6, 6.07) is 27.1. The van der Waals surface area contributed by atoms with Gasteiger partial charge in [-0.15, -0.1) is 0 Å². The summed E-state index contributed by atoms with van der Waals surface area (Å²) in [5, 5.41) is 0. The van der Waals surface area contributed by atoms with Gasteiger partial charge in [-0.05, 0) is 86.3 Å².